The normalized spacial score (nSPS) is 23.3. The van der Waals surface area contributed by atoms with Crippen LogP contribution in [0.15, 0.2) is 60.7 Å². The zero-order valence-electron chi connectivity index (χ0n) is 26.5. The molecule has 230 valence electrons. The van der Waals surface area contributed by atoms with Gasteiger partial charge in [-0.2, -0.15) is 0 Å². The molecule has 2 aromatic carbocycles. The highest BCUT2D eigenvalue weighted by Crippen LogP contribution is 2.44. The third-order valence-corrected chi connectivity index (χ3v) is 10.3. The highest BCUT2D eigenvalue weighted by atomic mass is 16.5. The molecule has 0 aliphatic heterocycles. The van der Waals surface area contributed by atoms with Crippen LogP contribution < -0.4 is 0 Å². The van der Waals surface area contributed by atoms with Gasteiger partial charge in [-0.15, -0.1) is 0 Å². The molecule has 0 heterocycles. The lowest BCUT2D eigenvalue weighted by atomic mass is 9.68. The van der Waals surface area contributed by atoms with E-state index in [1.54, 1.807) is 12.5 Å². The zero-order valence-corrected chi connectivity index (χ0v) is 26.5. The van der Waals surface area contributed by atoms with E-state index in [9.17, 15) is 9.90 Å². The van der Waals surface area contributed by atoms with Gasteiger partial charge in [0.2, 0.25) is 0 Å². The van der Waals surface area contributed by atoms with E-state index in [1.165, 1.54) is 100 Å². The molecule has 0 radical (unpaired) electrons. The molecule has 3 nitrogen and oxygen atoms in total. The summed E-state index contributed by atoms with van der Waals surface area (Å²) in [7, 11) is 0. The number of aliphatic hydroxyl groups is 1. The van der Waals surface area contributed by atoms with Gasteiger partial charge < -0.3 is 9.84 Å². The van der Waals surface area contributed by atoms with Crippen LogP contribution in [0.4, 0.5) is 0 Å². The van der Waals surface area contributed by atoms with Crippen molar-refractivity contribution in [3.63, 3.8) is 0 Å². The Morgan fingerprint density at radius 2 is 1.40 bits per heavy atom. The second-order valence-corrected chi connectivity index (χ2v) is 13.6. The van der Waals surface area contributed by atoms with Crippen LogP contribution in [0, 0.1) is 23.7 Å². The molecule has 2 aromatic rings. The Labute approximate surface area is 256 Å². The topological polar surface area (TPSA) is 46.5 Å². The maximum Gasteiger partial charge on any atom is 0.333 e. The van der Waals surface area contributed by atoms with Gasteiger partial charge >= 0.3 is 5.97 Å². The molecule has 2 aliphatic carbocycles. The first kappa shape index (κ1) is 32.5. The molecule has 1 atom stereocenters. The number of benzene rings is 2. The van der Waals surface area contributed by atoms with Crippen molar-refractivity contribution in [2.75, 3.05) is 13.2 Å². The van der Waals surface area contributed by atoms with E-state index in [-0.39, 0.29) is 25.1 Å². The van der Waals surface area contributed by atoms with E-state index in [0.717, 1.165) is 30.1 Å². The van der Waals surface area contributed by atoms with Crippen LogP contribution in [0.1, 0.15) is 119 Å². The van der Waals surface area contributed by atoms with E-state index in [1.807, 2.05) is 0 Å². The third kappa shape index (κ3) is 10.1. The number of ether oxygens (including phenoxy) is 1. The summed E-state index contributed by atoms with van der Waals surface area (Å²) < 4.78 is 5.24. The summed E-state index contributed by atoms with van der Waals surface area (Å²) in [5.41, 5.74) is 6.08. The van der Waals surface area contributed by atoms with Crippen LogP contribution in [0.3, 0.4) is 0 Å². The summed E-state index contributed by atoms with van der Waals surface area (Å²) in [6, 6.07) is 18.5. The maximum atomic E-state index is 11.7. The van der Waals surface area contributed by atoms with Crippen LogP contribution in [0.5, 0.6) is 0 Å². The predicted octanol–water partition coefficient (Wildman–Crippen LogP) is 9.40. The molecule has 2 saturated carbocycles. The Kier molecular flexibility index (Phi) is 13.2. The fourth-order valence-electron chi connectivity index (χ4n) is 7.45. The lowest BCUT2D eigenvalue weighted by Crippen LogP contribution is -2.25. The average Bonchev–Trinajstić information content (AvgIpc) is 3.03. The molecule has 3 heteroatoms. The van der Waals surface area contributed by atoms with Crippen molar-refractivity contribution in [1.29, 1.82) is 0 Å². The fraction of sp³-hybridized carbons (Fsp3) is 0.615. The minimum Gasteiger partial charge on any atom is -0.462 e. The van der Waals surface area contributed by atoms with Crippen LogP contribution in [0.25, 0.3) is 0 Å². The van der Waals surface area contributed by atoms with Crippen molar-refractivity contribution < 1.29 is 14.6 Å². The van der Waals surface area contributed by atoms with Gasteiger partial charge in [0.05, 0.1) is 6.61 Å². The molecule has 0 bridgehead atoms. The second-order valence-electron chi connectivity index (χ2n) is 13.6. The number of aliphatic hydroxyl groups excluding tert-OH is 1. The van der Waals surface area contributed by atoms with Crippen LogP contribution in [-0.4, -0.2) is 24.3 Å². The lowest BCUT2D eigenvalue weighted by molar-refractivity contribution is -0.140. The summed E-state index contributed by atoms with van der Waals surface area (Å²) in [5, 5.41) is 9.71. The number of carbonyl (C=O) groups excluding carboxylic acids is 1. The summed E-state index contributed by atoms with van der Waals surface area (Å²) in [5.74, 6) is 3.08. The molecular formula is C39H56O3. The van der Waals surface area contributed by atoms with Gasteiger partial charge in [0, 0.05) is 18.1 Å². The van der Waals surface area contributed by atoms with Gasteiger partial charge in [0.15, 0.2) is 0 Å². The second kappa shape index (κ2) is 17.0. The molecule has 0 saturated heterocycles. The van der Waals surface area contributed by atoms with E-state index >= 15 is 0 Å². The number of rotatable bonds is 15. The van der Waals surface area contributed by atoms with Crippen LogP contribution in [0.2, 0.25) is 0 Å². The third-order valence-electron chi connectivity index (χ3n) is 10.3. The minimum absolute atomic E-state index is 0.00236. The Morgan fingerprint density at radius 1 is 0.833 bits per heavy atom. The molecule has 0 aromatic heterocycles. The summed E-state index contributed by atoms with van der Waals surface area (Å²) in [6.45, 7) is 7.76. The van der Waals surface area contributed by atoms with Crippen molar-refractivity contribution in [2.45, 2.75) is 116 Å². The number of carbonyl (C=O) groups is 1. The molecule has 4 rings (SSSR count). The molecule has 2 fully saturated rings. The van der Waals surface area contributed by atoms with Gasteiger partial charge in [-0.1, -0.05) is 87.7 Å². The van der Waals surface area contributed by atoms with Gasteiger partial charge in [-0.3, -0.25) is 0 Å². The van der Waals surface area contributed by atoms with Gasteiger partial charge in [-0.05, 0) is 123 Å². The fourth-order valence-corrected chi connectivity index (χ4v) is 7.45. The summed E-state index contributed by atoms with van der Waals surface area (Å²) in [6.07, 6.45) is 19.7. The number of aryl methyl sites for hydroxylation is 2. The van der Waals surface area contributed by atoms with Crippen LogP contribution in [-0.2, 0) is 28.8 Å². The van der Waals surface area contributed by atoms with Crippen molar-refractivity contribution in [2.24, 2.45) is 23.7 Å². The van der Waals surface area contributed by atoms with E-state index in [4.69, 9.17) is 4.74 Å². The highest BCUT2D eigenvalue weighted by molar-refractivity contribution is 5.86. The first-order valence-corrected chi connectivity index (χ1v) is 17.0. The molecular weight excluding hydrogens is 516 g/mol. The Balaban J connectivity index is 1.12. The van der Waals surface area contributed by atoms with Gasteiger partial charge in [0.1, 0.15) is 0 Å². The van der Waals surface area contributed by atoms with Crippen molar-refractivity contribution in [1.82, 2.24) is 0 Å². The number of hydrogen-bond donors (Lipinski definition) is 1. The molecule has 2 aliphatic rings. The zero-order chi connectivity index (χ0) is 29.7. The molecule has 0 amide bonds. The molecule has 1 unspecified atom stereocenters. The van der Waals surface area contributed by atoms with E-state index < -0.39 is 0 Å². The summed E-state index contributed by atoms with van der Waals surface area (Å²) >= 11 is 0. The monoisotopic (exact) mass is 572 g/mol. The van der Waals surface area contributed by atoms with E-state index in [2.05, 4.69) is 62.0 Å². The first-order valence-electron chi connectivity index (χ1n) is 17.0. The van der Waals surface area contributed by atoms with Crippen molar-refractivity contribution in [3.05, 3.63) is 82.9 Å². The van der Waals surface area contributed by atoms with Gasteiger partial charge in [-0.25, -0.2) is 4.79 Å². The number of hydrogen-bond acceptors (Lipinski definition) is 3. The van der Waals surface area contributed by atoms with Crippen LogP contribution >= 0.6 is 0 Å². The van der Waals surface area contributed by atoms with Crippen molar-refractivity contribution in [3.8, 4) is 0 Å². The molecule has 42 heavy (non-hydrogen) atoms. The smallest absolute Gasteiger partial charge is 0.333 e. The largest absolute Gasteiger partial charge is 0.462 e. The number of esters is 1. The molecule has 0 spiro atoms. The minimum atomic E-state index is -0.389. The Bertz CT molecular complexity index is 1070. The quantitative estimate of drug-likeness (QED) is 0.131. The highest BCUT2D eigenvalue weighted by Gasteiger charge is 2.31. The first-order chi connectivity index (χ1) is 20.4. The maximum absolute atomic E-state index is 11.7. The Hall–Kier alpha value is -2.39. The lowest BCUT2D eigenvalue weighted by Gasteiger charge is -2.38. The Morgan fingerprint density at radius 3 is 2.00 bits per heavy atom. The summed E-state index contributed by atoms with van der Waals surface area (Å²) in [4.78, 5) is 11.7. The standard InChI is InChI=1S/C39H56O3/c1-4-5-6-7-30-14-18-35(19-15-30)37-22-24-38(25-23-37)36-20-16-32(17-21-36)9-8-31-10-12-33(13-11-31)26-34(27-40)28-42-39(41)29(2)3/h10-15,18-19,32,34,36-38,40H,2,4-9,16-17,20-28H2,1,3H3. The SMILES string of the molecule is C=C(C)C(=O)OCC(CO)Cc1ccc(CCC2CCC(C3CCC(c4ccc(CCCCC)cc4)CC3)CC2)cc1. The predicted molar refractivity (Wildman–Crippen MR) is 175 cm³/mol. The van der Waals surface area contributed by atoms with Crippen molar-refractivity contribution >= 4 is 5.97 Å². The molecule has 1 N–H and O–H groups in total. The average molecular weight is 573 g/mol. The number of unbranched alkanes of at least 4 members (excludes halogenated alkanes) is 2. The van der Waals surface area contributed by atoms with Gasteiger partial charge in [0.25, 0.3) is 0 Å². The van der Waals surface area contributed by atoms with E-state index in [0.29, 0.717) is 12.0 Å².